The number of nitrogens with one attached hydrogen (secondary N) is 1. The number of furan rings is 1. The fraction of sp³-hybridized carbons (Fsp3) is 0.176. The van der Waals surface area contributed by atoms with E-state index in [2.05, 4.69) is 4.72 Å². The van der Waals surface area contributed by atoms with Crippen molar-refractivity contribution in [1.29, 1.82) is 0 Å². The number of hydrogen-bond acceptors (Lipinski definition) is 5. The van der Waals surface area contributed by atoms with E-state index in [9.17, 15) is 13.5 Å². The minimum absolute atomic E-state index is 0.176. The Morgan fingerprint density at radius 1 is 1.16 bits per heavy atom. The maximum absolute atomic E-state index is 12.2. The highest BCUT2D eigenvalue weighted by molar-refractivity contribution is 7.88. The van der Waals surface area contributed by atoms with Crippen LogP contribution < -0.4 is 4.72 Å². The molecule has 0 bridgehead atoms. The van der Waals surface area contributed by atoms with Gasteiger partial charge >= 0.3 is 0 Å². The number of sulfonamides is 1. The molecule has 132 valence electrons. The molecule has 0 saturated carbocycles. The first-order valence-corrected chi connectivity index (χ1v) is 10.4. The van der Waals surface area contributed by atoms with E-state index in [1.54, 1.807) is 36.4 Å². The minimum Gasteiger partial charge on any atom is -0.457 e. The summed E-state index contributed by atoms with van der Waals surface area (Å²) < 4.78 is 32.3. The standard InChI is InChI=1S/C17H16ClNO4S2/c18-13-5-2-1-4-12(13)11-25(21,22)19-10-14(20)15-7-8-16(23-15)17-6-3-9-24-17/h1-9,14,19-20H,10-11H2. The van der Waals surface area contributed by atoms with Crippen LogP contribution in [0.5, 0.6) is 0 Å². The predicted molar refractivity (Wildman–Crippen MR) is 99.1 cm³/mol. The quantitative estimate of drug-likeness (QED) is 0.635. The van der Waals surface area contributed by atoms with Crippen LogP contribution in [-0.4, -0.2) is 20.1 Å². The molecule has 2 aromatic heterocycles. The van der Waals surface area contributed by atoms with Crippen LogP contribution in [0.2, 0.25) is 5.02 Å². The summed E-state index contributed by atoms with van der Waals surface area (Å²) in [5, 5.41) is 12.5. The molecule has 0 aliphatic rings. The van der Waals surface area contributed by atoms with Gasteiger partial charge in [-0.3, -0.25) is 0 Å². The molecule has 3 rings (SSSR count). The topological polar surface area (TPSA) is 79.5 Å². The van der Waals surface area contributed by atoms with Gasteiger partial charge in [-0.1, -0.05) is 35.9 Å². The molecule has 2 N–H and O–H groups in total. The molecule has 1 atom stereocenters. The Balaban J connectivity index is 1.62. The zero-order chi connectivity index (χ0) is 17.9. The molecule has 8 heteroatoms. The summed E-state index contributed by atoms with van der Waals surface area (Å²) in [5.41, 5.74) is 0.504. The van der Waals surface area contributed by atoms with E-state index in [0.29, 0.717) is 22.1 Å². The molecule has 5 nitrogen and oxygen atoms in total. The minimum atomic E-state index is -3.63. The molecule has 2 heterocycles. The highest BCUT2D eigenvalue weighted by Gasteiger charge is 2.19. The van der Waals surface area contributed by atoms with Crippen LogP contribution >= 0.6 is 22.9 Å². The van der Waals surface area contributed by atoms with Crippen LogP contribution in [0.25, 0.3) is 10.6 Å². The van der Waals surface area contributed by atoms with Gasteiger partial charge in [0, 0.05) is 11.6 Å². The summed E-state index contributed by atoms with van der Waals surface area (Å²) >= 11 is 7.51. The Kier molecular flexibility index (Phi) is 5.61. The van der Waals surface area contributed by atoms with E-state index in [4.69, 9.17) is 16.0 Å². The highest BCUT2D eigenvalue weighted by Crippen LogP contribution is 2.28. The average molecular weight is 398 g/mol. The van der Waals surface area contributed by atoms with Crippen molar-refractivity contribution in [3.05, 3.63) is 70.3 Å². The fourth-order valence-electron chi connectivity index (χ4n) is 2.26. The number of halogens is 1. The third-order valence-corrected chi connectivity index (χ3v) is 6.07. The molecule has 0 amide bonds. The molecule has 0 saturated heterocycles. The van der Waals surface area contributed by atoms with Crippen LogP contribution in [-0.2, 0) is 15.8 Å². The molecule has 0 aliphatic carbocycles. The van der Waals surface area contributed by atoms with Gasteiger partial charge in [0.25, 0.3) is 0 Å². The second-order valence-electron chi connectivity index (χ2n) is 5.39. The fourth-order valence-corrected chi connectivity index (χ4v) is 4.40. The number of rotatable bonds is 7. The SMILES string of the molecule is O=S(=O)(Cc1ccccc1Cl)NCC(O)c1ccc(-c2cccs2)o1. The number of benzene rings is 1. The first-order chi connectivity index (χ1) is 11.9. The van der Waals surface area contributed by atoms with Crippen LogP contribution in [0.1, 0.15) is 17.4 Å². The summed E-state index contributed by atoms with van der Waals surface area (Å²) in [6.07, 6.45) is -1.07. The van der Waals surface area contributed by atoms with Gasteiger partial charge in [-0.2, -0.15) is 0 Å². The van der Waals surface area contributed by atoms with Crippen molar-refractivity contribution >= 4 is 33.0 Å². The molecule has 0 spiro atoms. The van der Waals surface area contributed by atoms with Crippen molar-refractivity contribution in [1.82, 2.24) is 4.72 Å². The first kappa shape index (κ1) is 18.2. The van der Waals surface area contributed by atoms with Crippen molar-refractivity contribution < 1.29 is 17.9 Å². The maximum atomic E-state index is 12.2. The van der Waals surface area contributed by atoms with Gasteiger partial charge in [-0.15, -0.1) is 11.3 Å². The van der Waals surface area contributed by atoms with E-state index in [0.717, 1.165) is 4.88 Å². The van der Waals surface area contributed by atoms with E-state index in [-0.39, 0.29) is 12.3 Å². The van der Waals surface area contributed by atoms with Gasteiger partial charge in [0.05, 0.1) is 10.6 Å². The lowest BCUT2D eigenvalue weighted by atomic mass is 10.2. The van der Waals surface area contributed by atoms with Gasteiger partial charge in [0.2, 0.25) is 10.0 Å². The van der Waals surface area contributed by atoms with Gasteiger partial charge in [-0.25, -0.2) is 13.1 Å². The Labute approximate surface area is 154 Å². The average Bonchev–Trinajstić information content (AvgIpc) is 3.25. The lowest BCUT2D eigenvalue weighted by Gasteiger charge is -2.11. The summed E-state index contributed by atoms with van der Waals surface area (Å²) in [6.45, 7) is -0.176. The Morgan fingerprint density at radius 3 is 2.68 bits per heavy atom. The van der Waals surface area contributed by atoms with Crippen molar-refractivity contribution in [2.45, 2.75) is 11.9 Å². The Hall–Kier alpha value is -1.64. The Bertz CT molecular complexity index is 935. The third kappa shape index (κ3) is 4.71. The highest BCUT2D eigenvalue weighted by atomic mass is 35.5. The summed E-state index contributed by atoms with van der Waals surface area (Å²) in [4.78, 5) is 0.942. The smallest absolute Gasteiger partial charge is 0.215 e. The van der Waals surface area contributed by atoms with Crippen molar-refractivity contribution in [2.75, 3.05) is 6.54 Å². The normalized spacial score (nSPS) is 13.0. The number of aliphatic hydroxyl groups is 1. The van der Waals surface area contributed by atoms with Gasteiger partial charge < -0.3 is 9.52 Å². The van der Waals surface area contributed by atoms with Crippen molar-refractivity contribution in [3.63, 3.8) is 0 Å². The molecular weight excluding hydrogens is 382 g/mol. The number of aliphatic hydroxyl groups excluding tert-OH is 1. The van der Waals surface area contributed by atoms with Crippen LogP contribution in [0, 0.1) is 0 Å². The van der Waals surface area contributed by atoms with Crippen LogP contribution in [0.4, 0.5) is 0 Å². The predicted octanol–water partition coefficient (Wildman–Crippen LogP) is 3.81. The number of hydrogen-bond donors (Lipinski definition) is 2. The molecule has 25 heavy (non-hydrogen) atoms. The molecule has 0 aliphatic heterocycles. The molecule has 3 aromatic rings. The third-order valence-electron chi connectivity index (χ3n) is 3.52. The van der Waals surface area contributed by atoms with E-state index >= 15 is 0 Å². The maximum Gasteiger partial charge on any atom is 0.215 e. The summed E-state index contributed by atoms with van der Waals surface area (Å²) in [7, 11) is -3.63. The molecule has 1 unspecified atom stereocenters. The molecular formula is C17H16ClNO4S2. The van der Waals surface area contributed by atoms with E-state index < -0.39 is 16.1 Å². The zero-order valence-electron chi connectivity index (χ0n) is 13.1. The van der Waals surface area contributed by atoms with Gasteiger partial charge in [0.15, 0.2) is 0 Å². The van der Waals surface area contributed by atoms with Gasteiger partial charge in [0.1, 0.15) is 17.6 Å². The monoisotopic (exact) mass is 397 g/mol. The lowest BCUT2D eigenvalue weighted by molar-refractivity contribution is 0.155. The zero-order valence-corrected chi connectivity index (χ0v) is 15.4. The van der Waals surface area contributed by atoms with Crippen molar-refractivity contribution in [3.8, 4) is 10.6 Å². The van der Waals surface area contributed by atoms with Crippen molar-refractivity contribution in [2.24, 2.45) is 0 Å². The number of thiophene rings is 1. The van der Waals surface area contributed by atoms with Gasteiger partial charge in [-0.05, 0) is 35.2 Å². The summed E-state index contributed by atoms with van der Waals surface area (Å²) in [6, 6.07) is 13.9. The molecule has 0 fully saturated rings. The van der Waals surface area contributed by atoms with E-state index in [1.807, 2.05) is 17.5 Å². The first-order valence-electron chi connectivity index (χ1n) is 7.47. The lowest BCUT2D eigenvalue weighted by Crippen LogP contribution is -2.29. The molecule has 0 radical (unpaired) electrons. The van der Waals surface area contributed by atoms with E-state index in [1.165, 1.54) is 11.3 Å². The second-order valence-corrected chi connectivity index (χ2v) is 8.56. The van der Waals surface area contributed by atoms with Crippen LogP contribution in [0.3, 0.4) is 0 Å². The largest absolute Gasteiger partial charge is 0.457 e. The summed E-state index contributed by atoms with van der Waals surface area (Å²) in [5.74, 6) is 0.699. The Morgan fingerprint density at radius 2 is 1.96 bits per heavy atom. The molecule has 1 aromatic carbocycles. The van der Waals surface area contributed by atoms with Crippen LogP contribution in [0.15, 0.2) is 58.3 Å². The second kappa shape index (κ2) is 7.72.